The number of nitrogens with zero attached hydrogens (tertiary/aromatic N) is 4. The summed E-state index contributed by atoms with van der Waals surface area (Å²) in [7, 11) is 0. The highest BCUT2D eigenvalue weighted by Gasteiger charge is 2.16. The minimum Gasteiger partial charge on any atom is -0.466 e. The van der Waals surface area contributed by atoms with Crippen LogP contribution in [0.5, 0.6) is 0 Å². The molecule has 0 fully saturated rings. The van der Waals surface area contributed by atoms with Gasteiger partial charge >= 0.3 is 5.97 Å². The highest BCUT2D eigenvalue weighted by Crippen LogP contribution is 2.17. The topological polar surface area (TPSA) is 69.9 Å². The van der Waals surface area contributed by atoms with E-state index in [1.54, 1.807) is 30.2 Å². The Labute approximate surface area is 111 Å². The number of ether oxygens (including phenoxy) is 1. The molecular weight excluding hydrogens is 244 g/mol. The average Bonchev–Trinajstić information content (AvgIpc) is 2.68. The molecule has 0 saturated heterocycles. The Kier molecular flexibility index (Phi) is 3.89. The van der Waals surface area contributed by atoms with Crippen molar-refractivity contribution >= 4 is 5.97 Å². The summed E-state index contributed by atoms with van der Waals surface area (Å²) in [5.41, 5.74) is 2.56. The van der Waals surface area contributed by atoms with Gasteiger partial charge in [-0.2, -0.15) is 5.10 Å². The van der Waals surface area contributed by atoms with Crippen molar-refractivity contribution in [2.75, 3.05) is 6.61 Å². The lowest BCUT2D eigenvalue weighted by atomic mass is 10.1. The van der Waals surface area contributed by atoms with E-state index >= 15 is 0 Å². The predicted molar refractivity (Wildman–Crippen MR) is 69.0 cm³/mol. The molecule has 2 aromatic rings. The van der Waals surface area contributed by atoms with Crippen molar-refractivity contribution in [3.05, 3.63) is 35.5 Å². The molecule has 6 nitrogen and oxygen atoms in total. The lowest BCUT2D eigenvalue weighted by Gasteiger charge is -2.04. The van der Waals surface area contributed by atoms with Gasteiger partial charge in [-0.05, 0) is 20.8 Å². The summed E-state index contributed by atoms with van der Waals surface area (Å²) in [5.74, 6) is 0.394. The van der Waals surface area contributed by atoms with Crippen LogP contribution in [0, 0.1) is 13.8 Å². The standard InChI is InChI=1S/C13H16N4O2/c1-4-19-13(18)7-11-9(2)16-17(10(11)3)12-8-14-5-6-15-12/h5-6,8H,4,7H2,1-3H3. The van der Waals surface area contributed by atoms with E-state index in [1.807, 2.05) is 13.8 Å². The van der Waals surface area contributed by atoms with Gasteiger partial charge in [-0.3, -0.25) is 9.78 Å². The fraction of sp³-hybridized carbons (Fsp3) is 0.385. The van der Waals surface area contributed by atoms with Crippen LogP contribution in [0.4, 0.5) is 0 Å². The van der Waals surface area contributed by atoms with Crippen molar-refractivity contribution < 1.29 is 9.53 Å². The molecule has 0 N–H and O–H groups in total. The Balaban J connectivity index is 2.33. The Morgan fingerprint density at radius 1 is 1.37 bits per heavy atom. The van der Waals surface area contributed by atoms with E-state index in [2.05, 4.69) is 15.1 Å². The highest BCUT2D eigenvalue weighted by atomic mass is 16.5. The molecule has 6 heteroatoms. The molecule has 2 aromatic heterocycles. The van der Waals surface area contributed by atoms with Crippen LogP contribution in [0.3, 0.4) is 0 Å². The molecule has 0 bridgehead atoms. The van der Waals surface area contributed by atoms with Crippen molar-refractivity contribution in [3.8, 4) is 5.82 Å². The Hall–Kier alpha value is -2.24. The van der Waals surface area contributed by atoms with E-state index in [4.69, 9.17) is 4.74 Å². The van der Waals surface area contributed by atoms with Crippen LogP contribution in [0.15, 0.2) is 18.6 Å². The first-order chi connectivity index (χ1) is 9.13. The summed E-state index contributed by atoms with van der Waals surface area (Å²) in [6.07, 6.45) is 5.07. The van der Waals surface area contributed by atoms with Crippen LogP contribution in [0.25, 0.3) is 5.82 Å². The predicted octanol–water partition coefficient (Wildman–Crippen LogP) is 1.38. The lowest BCUT2D eigenvalue weighted by molar-refractivity contribution is -0.142. The number of aromatic nitrogens is 4. The molecule has 2 heterocycles. The van der Waals surface area contributed by atoms with Gasteiger partial charge in [-0.1, -0.05) is 0 Å². The molecule has 19 heavy (non-hydrogen) atoms. The second-order valence-electron chi connectivity index (χ2n) is 4.11. The van der Waals surface area contributed by atoms with Gasteiger partial charge in [0.1, 0.15) is 0 Å². The number of hydrogen-bond donors (Lipinski definition) is 0. The van der Waals surface area contributed by atoms with Crippen LogP contribution in [0.1, 0.15) is 23.9 Å². The van der Waals surface area contributed by atoms with Gasteiger partial charge < -0.3 is 4.74 Å². The second-order valence-corrected chi connectivity index (χ2v) is 4.11. The van der Waals surface area contributed by atoms with E-state index in [0.29, 0.717) is 12.4 Å². The molecule has 0 radical (unpaired) electrons. The smallest absolute Gasteiger partial charge is 0.310 e. The van der Waals surface area contributed by atoms with Gasteiger partial charge in [-0.25, -0.2) is 9.67 Å². The fourth-order valence-electron chi connectivity index (χ4n) is 1.91. The van der Waals surface area contributed by atoms with Crippen LogP contribution in [-0.4, -0.2) is 32.3 Å². The van der Waals surface area contributed by atoms with E-state index in [0.717, 1.165) is 17.0 Å². The molecule has 0 amide bonds. The van der Waals surface area contributed by atoms with Gasteiger partial charge in [-0.15, -0.1) is 0 Å². The zero-order valence-corrected chi connectivity index (χ0v) is 11.3. The average molecular weight is 260 g/mol. The molecule has 0 aliphatic heterocycles. The zero-order valence-electron chi connectivity index (χ0n) is 11.3. The Morgan fingerprint density at radius 2 is 2.16 bits per heavy atom. The van der Waals surface area contributed by atoms with Crippen LogP contribution in [0.2, 0.25) is 0 Å². The molecule has 0 unspecified atom stereocenters. The maximum absolute atomic E-state index is 11.6. The third-order valence-electron chi connectivity index (χ3n) is 2.83. The van der Waals surface area contributed by atoms with Crippen LogP contribution in [-0.2, 0) is 16.0 Å². The molecule has 2 rings (SSSR count). The van der Waals surface area contributed by atoms with Crippen molar-refractivity contribution in [2.45, 2.75) is 27.2 Å². The molecule has 0 aliphatic carbocycles. The molecule has 0 atom stereocenters. The SMILES string of the molecule is CCOC(=O)Cc1c(C)nn(-c2cnccn2)c1C. The van der Waals surface area contributed by atoms with E-state index < -0.39 is 0 Å². The van der Waals surface area contributed by atoms with Crippen molar-refractivity contribution in [3.63, 3.8) is 0 Å². The first kappa shape index (κ1) is 13.2. The van der Waals surface area contributed by atoms with Gasteiger partial charge in [0.2, 0.25) is 0 Å². The van der Waals surface area contributed by atoms with Gasteiger partial charge in [0, 0.05) is 23.7 Å². The summed E-state index contributed by atoms with van der Waals surface area (Å²) in [5, 5.41) is 4.40. The molecular formula is C13H16N4O2. The summed E-state index contributed by atoms with van der Waals surface area (Å²) in [6, 6.07) is 0. The number of carbonyl (C=O) groups is 1. The van der Waals surface area contributed by atoms with E-state index in [9.17, 15) is 4.79 Å². The zero-order chi connectivity index (χ0) is 13.8. The minimum absolute atomic E-state index is 0.228. The van der Waals surface area contributed by atoms with Crippen LogP contribution >= 0.6 is 0 Å². The summed E-state index contributed by atoms with van der Waals surface area (Å²) in [4.78, 5) is 19.8. The quantitative estimate of drug-likeness (QED) is 0.777. The maximum atomic E-state index is 11.6. The number of hydrogen-bond acceptors (Lipinski definition) is 5. The number of aryl methyl sites for hydroxylation is 1. The Morgan fingerprint density at radius 3 is 2.79 bits per heavy atom. The van der Waals surface area contributed by atoms with E-state index in [1.165, 1.54) is 0 Å². The summed E-state index contributed by atoms with van der Waals surface area (Å²) in [6.45, 7) is 5.95. The number of esters is 1. The first-order valence-corrected chi connectivity index (χ1v) is 6.10. The molecule has 0 aliphatic rings. The molecule has 0 spiro atoms. The van der Waals surface area contributed by atoms with Gasteiger partial charge in [0.05, 0.1) is 24.9 Å². The van der Waals surface area contributed by atoms with Gasteiger partial charge in [0.15, 0.2) is 5.82 Å². The lowest BCUT2D eigenvalue weighted by Crippen LogP contribution is -2.09. The van der Waals surface area contributed by atoms with Gasteiger partial charge in [0.25, 0.3) is 0 Å². The third kappa shape index (κ3) is 2.78. The fourth-order valence-corrected chi connectivity index (χ4v) is 1.91. The van der Waals surface area contributed by atoms with Crippen molar-refractivity contribution in [1.82, 2.24) is 19.7 Å². The molecule has 100 valence electrons. The van der Waals surface area contributed by atoms with Crippen LogP contribution < -0.4 is 0 Å². The largest absolute Gasteiger partial charge is 0.466 e. The maximum Gasteiger partial charge on any atom is 0.310 e. The van der Waals surface area contributed by atoms with Crippen molar-refractivity contribution in [2.24, 2.45) is 0 Å². The number of rotatable bonds is 4. The summed E-state index contributed by atoms with van der Waals surface area (Å²) < 4.78 is 6.66. The highest BCUT2D eigenvalue weighted by molar-refractivity contribution is 5.73. The normalized spacial score (nSPS) is 10.5. The third-order valence-corrected chi connectivity index (χ3v) is 2.83. The molecule has 0 aromatic carbocycles. The molecule has 0 saturated carbocycles. The number of carbonyl (C=O) groups excluding carboxylic acids is 1. The summed E-state index contributed by atoms with van der Waals surface area (Å²) >= 11 is 0. The van der Waals surface area contributed by atoms with E-state index in [-0.39, 0.29) is 12.4 Å². The monoisotopic (exact) mass is 260 g/mol. The first-order valence-electron chi connectivity index (χ1n) is 6.10. The van der Waals surface area contributed by atoms with Crippen molar-refractivity contribution in [1.29, 1.82) is 0 Å². The minimum atomic E-state index is -0.243. The Bertz CT molecular complexity index is 578. The second kappa shape index (κ2) is 5.60.